The van der Waals surface area contributed by atoms with Gasteiger partial charge in [-0.05, 0) is 21.0 Å². The molecule has 0 heterocycles. The summed E-state index contributed by atoms with van der Waals surface area (Å²) < 4.78 is 5.37. The van der Waals surface area contributed by atoms with Crippen molar-refractivity contribution in [2.75, 3.05) is 27.7 Å². The minimum absolute atomic E-state index is 0.0179. The smallest absolute Gasteiger partial charge is 0.195 e. The minimum Gasteiger partial charge on any atom is -0.369 e. The molecule has 0 amide bonds. The van der Waals surface area contributed by atoms with Gasteiger partial charge in [0.05, 0.1) is 0 Å². The van der Waals surface area contributed by atoms with Crippen LogP contribution in [0.15, 0.2) is 30.3 Å². The fourth-order valence-corrected chi connectivity index (χ4v) is 1.73. The number of methoxy groups -OCH3 is 1. The minimum atomic E-state index is -0.787. The van der Waals surface area contributed by atoms with Crippen molar-refractivity contribution < 1.29 is 9.53 Å². The number of ether oxygens (including phenoxy) is 1. The maximum absolute atomic E-state index is 12.3. The lowest BCUT2D eigenvalue weighted by Gasteiger charge is -2.29. The summed E-state index contributed by atoms with van der Waals surface area (Å²) in [6.07, 6.45) is 0. The molecule has 16 heavy (non-hydrogen) atoms. The van der Waals surface area contributed by atoms with Crippen molar-refractivity contribution in [2.24, 2.45) is 0 Å². The number of carbonyl (C=O) groups is 1. The van der Waals surface area contributed by atoms with Gasteiger partial charge in [0.2, 0.25) is 0 Å². The van der Waals surface area contributed by atoms with E-state index in [4.69, 9.17) is 4.74 Å². The van der Waals surface area contributed by atoms with Crippen molar-refractivity contribution in [2.45, 2.75) is 12.5 Å². The molecule has 3 nitrogen and oxygen atoms in total. The first kappa shape index (κ1) is 12.9. The van der Waals surface area contributed by atoms with Crippen molar-refractivity contribution in [1.29, 1.82) is 0 Å². The molecule has 0 radical (unpaired) electrons. The molecule has 0 aliphatic rings. The van der Waals surface area contributed by atoms with Crippen LogP contribution in [0, 0.1) is 0 Å². The molecule has 1 unspecified atom stereocenters. The number of likely N-dealkylation sites (N-methyl/N-ethyl adjacent to an activating group) is 1. The van der Waals surface area contributed by atoms with Crippen LogP contribution in [0.5, 0.6) is 0 Å². The molecule has 0 spiro atoms. The predicted octanol–water partition coefficient (Wildman–Crippen LogP) is 1.84. The van der Waals surface area contributed by atoms with E-state index in [2.05, 4.69) is 0 Å². The van der Waals surface area contributed by atoms with Crippen LogP contribution in [0.4, 0.5) is 0 Å². The van der Waals surface area contributed by atoms with Gasteiger partial charge in [-0.25, -0.2) is 0 Å². The number of carbonyl (C=O) groups excluding carboxylic acids is 1. The van der Waals surface area contributed by atoms with E-state index < -0.39 is 5.60 Å². The Hall–Kier alpha value is -1.19. The third-order valence-corrected chi connectivity index (χ3v) is 2.58. The lowest BCUT2D eigenvalue weighted by Crippen LogP contribution is -2.46. The molecule has 0 fully saturated rings. The molecule has 1 aromatic rings. The zero-order valence-electron chi connectivity index (χ0n) is 10.4. The molecule has 0 bridgehead atoms. The van der Waals surface area contributed by atoms with Crippen molar-refractivity contribution in [3.8, 4) is 0 Å². The largest absolute Gasteiger partial charge is 0.369 e. The second kappa shape index (κ2) is 5.23. The SMILES string of the molecule is COC(C)(CN(C)C)C(=O)c1ccccc1. The van der Waals surface area contributed by atoms with E-state index in [-0.39, 0.29) is 5.78 Å². The summed E-state index contributed by atoms with van der Waals surface area (Å²) in [5, 5.41) is 0. The van der Waals surface area contributed by atoms with Gasteiger partial charge in [0.1, 0.15) is 5.60 Å². The highest BCUT2D eigenvalue weighted by Gasteiger charge is 2.34. The normalized spacial score (nSPS) is 14.8. The Bertz CT molecular complexity index is 348. The van der Waals surface area contributed by atoms with Gasteiger partial charge in [-0.15, -0.1) is 0 Å². The van der Waals surface area contributed by atoms with Gasteiger partial charge >= 0.3 is 0 Å². The van der Waals surface area contributed by atoms with Crippen LogP contribution in [0.3, 0.4) is 0 Å². The Morgan fingerprint density at radius 2 is 1.88 bits per heavy atom. The molecule has 0 N–H and O–H groups in total. The molecule has 0 aromatic heterocycles. The van der Waals surface area contributed by atoms with Gasteiger partial charge in [0.25, 0.3) is 0 Å². The van der Waals surface area contributed by atoms with Gasteiger partial charge in [0, 0.05) is 19.2 Å². The lowest BCUT2D eigenvalue weighted by atomic mass is 9.94. The van der Waals surface area contributed by atoms with Crippen LogP contribution in [0.1, 0.15) is 17.3 Å². The monoisotopic (exact) mass is 221 g/mol. The predicted molar refractivity (Wildman–Crippen MR) is 64.7 cm³/mol. The molecular weight excluding hydrogens is 202 g/mol. The summed E-state index contributed by atoms with van der Waals surface area (Å²) in [5.41, 5.74) is -0.0982. The van der Waals surface area contributed by atoms with E-state index in [1.54, 1.807) is 7.11 Å². The van der Waals surface area contributed by atoms with Crippen LogP contribution in [-0.4, -0.2) is 44.0 Å². The third-order valence-electron chi connectivity index (χ3n) is 2.58. The van der Waals surface area contributed by atoms with Gasteiger partial charge in [-0.3, -0.25) is 4.79 Å². The van der Waals surface area contributed by atoms with Gasteiger partial charge < -0.3 is 9.64 Å². The van der Waals surface area contributed by atoms with E-state index >= 15 is 0 Å². The van der Waals surface area contributed by atoms with Gasteiger partial charge in [0.15, 0.2) is 5.78 Å². The van der Waals surface area contributed by atoms with Crippen molar-refractivity contribution >= 4 is 5.78 Å². The molecule has 0 aliphatic carbocycles. The fourth-order valence-electron chi connectivity index (χ4n) is 1.73. The highest BCUT2D eigenvalue weighted by molar-refractivity contribution is 6.02. The number of rotatable bonds is 5. The number of nitrogens with zero attached hydrogens (tertiary/aromatic N) is 1. The summed E-state index contributed by atoms with van der Waals surface area (Å²) in [6, 6.07) is 9.25. The Morgan fingerprint density at radius 1 is 1.31 bits per heavy atom. The first-order valence-corrected chi connectivity index (χ1v) is 5.29. The van der Waals surface area contributed by atoms with E-state index in [1.165, 1.54) is 0 Å². The Labute approximate surface area is 97.0 Å². The summed E-state index contributed by atoms with van der Waals surface area (Å²) in [7, 11) is 5.43. The summed E-state index contributed by atoms with van der Waals surface area (Å²) >= 11 is 0. The second-order valence-corrected chi connectivity index (χ2v) is 4.37. The van der Waals surface area contributed by atoms with E-state index in [0.717, 1.165) is 0 Å². The maximum Gasteiger partial charge on any atom is 0.195 e. The molecule has 0 aliphatic heterocycles. The topological polar surface area (TPSA) is 29.5 Å². The van der Waals surface area contributed by atoms with Gasteiger partial charge in [-0.2, -0.15) is 0 Å². The average Bonchev–Trinajstić information content (AvgIpc) is 2.28. The summed E-state index contributed by atoms with van der Waals surface area (Å²) in [5.74, 6) is 0.0179. The second-order valence-electron chi connectivity index (χ2n) is 4.37. The molecule has 88 valence electrons. The first-order chi connectivity index (χ1) is 7.49. The summed E-state index contributed by atoms with van der Waals surface area (Å²) in [6.45, 7) is 2.39. The maximum atomic E-state index is 12.3. The number of ketones is 1. The zero-order chi connectivity index (χ0) is 12.2. The Balaban J connectivity index is 2.93. The number of benzene rings is 1. The van der Waals surface area contributed by atoms with Gasteiger partial charge in [-0.1, -0.05) is 30.3 Å². The molecule has 1 aromatic carbocycles. The molecule has 0 saturated carbocycles. The standard InChI is InChI=1S/C13H19NO2/c1-13(16-4,10-14(2)3)12(15)11-8-6-5-7-9-11/h5-9H,10H2,1-4H3. The molecule has 1 atom stereocenters. The Morgan fingerprint density at radius 3 is 2.31 bits per heavy atom. The van der Waals surface area contributed by atoms with Crippen molar-refractivity contribution in [1.82, 2.24) is 4.90 Å². The quantitative estimate of drug-likeness (QED) is 0.710. The zero-order valence-corrected chi connectivity index (χ0v) is 10.4. The van der Waals surface area contributed by atoms with Crippen LogP contribution in [0.25, 0.3) is 0 Å². The van der Waals surface area contributed by atoms with E-state index in [1.807, 2.05) is 56.3 Å². The number of Topliss-reactive ketones (excluding diaryl/α,β-unsaturated/α-hetero) is 1. The molecular formula is C13H19NO2. The summed E-state index contributed by atoms with van der Waals surface area (Å²) in [4.78, 5) is 14.2. The Kier molecular flexibility index (Phi) is 4.21. The number of hydrogen-bond acceptors (Lipinski definition) is 3. The van der Waals surface area contributed by atoms with Crippen LogP contribution >= 0.6 is 0 Å². The fraction of sp³-hybridized carbons (Fsp3) is 0.462. The van der Waals surface area contributed by atoms with Crippen molar-refractivity contribution in [3.63, 3.8) is 0 Å². The number of hydrogen-bond donors (Lipinski definition) is 0. The molecule has 3 heteroatoms. The molecule has 1 rings (SSSR count). The highest BCUT2D eigenvalue weighted by Crippen LogP contribution is 2.17. The van der Waals surface area contributed by atoms with Crippen LogP contribution < -0.4 is 0 Å². The third kappa shape index (κ3) is 2.90. The highest BCUT2D eigenvalue weighted by atomic mass is 16.5. The van der Waals surface area contributed by atoms with Crippen LogP contribution in [-0.2, 0) is 4.74 Å². The lowest BCUT2D eigenvalue weighted by molar-refractivity contribution is -0.000429. The van der Waals surface area contributed by atoms with Crippen molar-refractivity contribution in [3.05, 3.63) is 35.9 Å². The first-order valence-electron chi connectivity index (χ1n) is 5.29. The average molecular weight is 221 g/mol. The molecule has 0 saturated heterocycles. The van der Waals surface area contributed by atoms with E-state index in [9.17, 15) is 4.79 Å². The van der Waals surface area contributed by atoms with E-state index in [0.29, 0.717) is 12.1 Å². The van der Waals surface area contributed by atoms with Crippen LogP contribution in [0.2, 0.25) is 0 Å².